The third-order valence-electron chi connectivity index (χ3n) is 5.39. The molecule has 2 heterocycles. The molecule has 2 aliphatic rings. The smallest absolute Gasteiger partial charge is 0.338 e. The van der Waals surface area contributed by atoms with Crippen molar-refractivity contribution in [3.05, 3.63) is 63.2 Å². The Bertz CT molecular complexity index is 1050. The van der Waals surface area contributed by atoms with E-state index in [1.54, 1.807) is 11.8 Å². The zero-order valence-electron chi connectivity index (χ0n) is 17.6. The molecule has 2 aliphatic heterocycles. The summed E-state index contributed by atoms with van der Waals surface area (Å²) in [5.41, 5.74) is 0.865. The first kappa shape index (κ1) is 21.6. The van der Waals surface area contributed by atoms with Crippen molar-refractivity contribution in [1.82, 2.24) is 9.80 Å². The van der Waals surface area contributed by atoms with Gasteiger partial charge in [-0.1, -0.05) is 6.07 Å². The van der Waals surface area contributed by atoms with E-state index in [2.05, 4.69) is 4.90 Å². The van der Waals surface area contributed by atoms with E-state index in [4.69, 9.17) is 14.2 Å². The van der Waals surface area contributed by atoms with Crippen LogP contribution in [0.3, 0.4) is 0 Å². The summed E-state index contributed by atoms with van der Waals surface area (Å²) in [6.45, 7) is 4.97. The molecule has 10 heteroatoms. The highest BCUT2D eigenvalue weighted by Crippen LogP contribution is 2.33. The number of hydrogen-bond donors (Lipinski definition) is 0. The van der Waals surface area contributed by atoms with Crippen molar-refractivity contribution in [3.8, 4) is 11.5 Å². The van der Waals surface area contributed by atoms with Crippen LogP contribution in [0.25, 0.3) is 0 Å². The summed E-state index contributed by atoms with van der Waals surface area (Å²) in [6, 6.07) is 9.51. The second-order valence-corrected chi connectivity index (χ2v) is 7.50. The van der Waals surface area contributed by atoms with E-state index in [-0.39, 0.29) is 36.1 Å². The number of carbonyl (C=O) groups is 2. The highest BCUT2D eigenvalue weighted by molar-refractivity contribution is 5.99. The predicted molar refractivity (Wildman–Crippen MR) is 113 cm³/mol. The number of fused-ring (bicyclic) bond motifs is 1. The fraction of sp³-hybridized carbons (Fsp3) is 0.364. The predicted octanol–water partition coefficient (Wildman–Crippen LogP) is 2.46. The summed E-state index contributed by atoms with van der Waals surface area (Å²) in [5, 5.41) is 11.3. The largest absolute Gasteiger partial charge is 0.462 e. The number of hydrogen-bond acceptors (Lipinski definition) is 8. The van der Waals surface area contributed by atoms with Crippen molar-refractivity contribution in [2.45, 2.75) is 13.5 Å². The van der Waals surface area contributed by atoms with E-state index >= 15 is 0 Å². The molecule has 2 aromatic carbocycles. The first-order valence-electron chi connectivity index (χ1n) is 10.3. The van der Waals surface area contributed by atoms with E-state index in [0.717, 1.165) is 23.1 Å². The Morgan fingerprint density at radius 3 is 2.47 bits per heavy atom. The van der Waals surface area contributed by atoms with Gasteiger partial charge in [-0.2, -0.15) is 0 Å². The van der Waals surface area contributed by atoms with Crippen LogP contribution in [-0.2, 0) is 11.3 Å². The lowest BCUT2D eigenvalue weighted by Gasteiger charge is -2.34. The van der Waals surface area contributed by atoms with E-state index < -0.39 is 10.9 Å². The van der Waals surface area contributed by atoms with Crippen molar-refractivity contribution < 1.29 is 28.7 Å². The Morgan fingerprint density at radius 1 is 1.03 bits per heavy atom. The van der Waals surface area contributed by atoms with Gasteiger partial charge in [-0.3, -0.25) is 19.8 Å². The Balaban J connectivity index is 1.41. The quantitative estimate of drug-likeness (QED) is 0.382. The molecule has 32 heavy (non-hydrogen) atoms. The molecule has 168 valence electrons. The number of nitro groups is 1. The van der Waals surface area contributed by atoms with Crippen molar-refractivity contribution in [2.75, 3.05) is 39.6 Å². The van der Waals surface area contributed by atoms with Gasteiger partial charge in [0.25, 0.3) is 11.6 Å². The fourth-order valence-electron chi connectivity index (χ4n) is 3.76. The average Bonchev–Trinajstić information content (AvgIpc) is 3.27. The Kier molecular flexibility index (Phi) is 6.22. The van der Waals surface area contributed by atoms with Crippen LogP contribution in [0.1, 0.15) is 33.2 Å². The first-order valence-corrected chi connectivity index (χ1v) is 10.3. The lowest BCUT2D eigenvalue weighted by Crippen LogP contribution is -2.48. The van der Waals surface area contributed by atoms with Gasteiger partial charge < -0.3 is 19.1 Å². The van der Waals surface area contributed by atoms with Crippen LogP contribution in [0, 0.1) is 10.1 Å². The standard InChI is InChI=1S/C22H23N3O7/c1-2-30-22(27)17-10-16(11-18(12-17)25(28)29)21(26)24-7-5-23(6-8-24)13-15-3-4-19-20(9-15)32-14-31-19/h3-4,9-12H,2,5-8,13-14H2,1H3. The van der Waals surface area contributed by atoms with Gasteiger partial charge in [0.05, 0.1) is 17.1 Å². The second-order valence-electron chi connectivity index (χ2n) is 7.50. The third-order valence-corrected chi connectivity index (χ3v) is 5.39. The normalized spacial score (nSPS) is 15.5. The summed E-state index contributed by atoms with van der Waals surface area (Å²) in [5.74, 6) is 0.434. The molecule has 0 aromatic heterocycles. The highest BCUT2D eigenvalue weighted by Gasteiger charge is 2.26. The molecule has 1 saturated heterocycles. The molecule has 0 radical (unpaired) electrons. The minimum atomic E-state index is -0.696. The number of piperazine rings is 1. The van der Waals surface area contributed by atoms with E-state index in [9.17, 15) is 19.7 Å². The van der Waals surface area contributed by atoms with Crippen LogP contribution in [-0.4, -0.2) is 66.2 Å². The van der Waals surface area contributed by atoms with Crippen molar-refractivity contribution in [1.29, 1.82) is 0 Å². The molecule has 0 N–H and O–H groups in total. The van der Waals surface area contributed by atoms with Gasteiger partial charge >= 0.3 is 5.97 Å². The van der Waals surface area contributed by atoms with Crippen LogP contribution in [0.5, 0.6) is 11.5 Å². The fourth-order valence-corrected chi connectivity index (χ4v) is 3.76. The summed E-state index contributed by atoms with van der Waals surface area (Å²) in [7, 11) is 0. The van der Waals surface area contributed by atoms with Crippen molar-refractivity contribution in [3.63, 3.8) is 0 Å². The molecular formula is C22H23N3O7. The maximum absolute atomic E-state index is 13.0. The number of rotatable bonds is 6. The van der Waals surface area contributed by atoms with Crippen molar-refractivity contribution in [2.24, 2.45) is 0 Å². The molecule has 1 fully saturated rings. The van der Waals surface area contributed by atoms with E-state index in [1.165, 1.54) is 12.1 Å². The average molecular weight is 441 g/mol. The van der Waals surface area contributed by atoms with Gasteiger partial charge in [0.15, 0.2) is 11.5 Å². The molecule has 0 aliphatic carbocycles. The third kappa shape index (κ3) is 4.65. The van der Waals surface area contributed by atoms with Crippen LogP contribution in [0.15, 0.2) is 36.4 Å². The number of amides is 1. The molecule has 0 bridgehead atoms. The monoisotopic (exact) mass is 441 g/mol. The number of non-ortho nitro benzene ring substituents is 1. The van der Waals surface area contributed by atoms with Crippen LogP contribution in [0.2, 0.25) is 0 Å². The first-order chi connectivity index (χ1) is 15.4. The maximum atomic E-state index is 13.0. The lowest BCUT2D eigenvalue weighted by molar-refractivity contribution is -0.384. The van der Waals surface area contributed by atoms with E-state index in [0.29, 0.717) is 32.7 Å². The van der Waals surface area contributed by atoms with Gasteiger partial charge in [-0.15, -0.1) is 0 Å². The molecule has 0 spiro atoms. The number of esters is 1. The number of ether oxygens (including phenoxy) is 3. The molecule has 1 amide bonds. The minimum absolute atomic E-state index is 0.00848. The molecule has 0 unspecified atom stereocenters. The molecule has 0 saturated carbocycles. The summed E-state index contributed by atoms with van der Waals surface area (Å²) < 4.78 is 15.7. The lowest BCUT2D eigenvalue weighted by atomic mass is 10.1. The minimum Gasteiger partial charge on any atom is -0.462 e. The molecule has 10 nitrogen and oxygen atoms in total. The van der Waals surface area contributed by atoms with Gasteiger partial charge in [-0.25, -0.2) is 4.79 Å². The molecule has 2 aromatic rings. The van der Waals surface area contributed by atoms with Crippen LogP contribution in [0.4, 0.5) is 5.69 Å². The van der Waals surface area contributed by atoms with Crippen LogP contribution < -0.4 is 9.47 Å². The van der Waals surface area contributed by atoms with Crippen LogP contribution >= 0.6 is 0 Å². The zero-order chi connectivity index (χ0) is 22.7. The SMILES string of the molecule is CCOC(=O)c1cc(C(=O)N2CCN(Cc3ccc4c(c3)OCO4)CC2)cc([N+](=O)[O-])c1. The maximum Gasteiger partial charge on any atom is 0.338 e. The Labute approximate surface area is 184 Å². The topological polar surface area (TPSA) is 111 Å². The Morgan fingerprint density at radius 2 is 1.75 bits per heavy atom. The van der Waals surface area contributed by atoms with Gasteiger partial charge in [0, 0.05) is 50.4 Å². The van der Waals surface area contributed by atoms with Crippen molar-refractivity contribution >= 4 is 17.6 Å². The van der Waals surface area contributed by atoms with Gasteiger partial charge in [0.1, 0.15) is 0 Å². The molecule has 4 rings (SSSR count). The number of benzene rings is 2. The second kappa shape index (κ2) is 9.23. The number of carbonyl (C=O) groups excluding carboxylic acids is 2. The van der Waals surface area contributed by atoms with Gasteiger partial charge in [0.2, 0.25) is 6.79 Å². The molecular weight excluding hydrogens is 418 g/mol. The zero-order valence-corrected chi connectivity index (χ0v) is 17.6. The van der Waals surface area contributed by atoms with Gasteiger partial charge in [-0.05, 0) is 30.7 Å². The van der Waals surface area contributed by atoms with E-state index in [1.807, 2.05) is 18.2 Å². The number of nitro benzene ring substituents is 1. The summed E-state index contributed by atoms with van der Waals surface area (Å²) in [6.07, 6.45) is 0. The summed E-state index contributed by atoms with van der Waals surface area (Å²) in [4.78, 5) is 39.6. The summed E-state index contributed by atoms with van der Waals surface area (Å²) >= 11 is 0. The number of nitrogens with zero attached hydrogens (tertiary/aromatic N) is 3. The Hall–Kier alpha value is -3.66. The highest BCUT2D eigenvalue weighted by atomic mass is 16.7. The molecule has 0 atom stereocenters.